The van der Waals surface area contributed by atoms with Gasteiger partial charge in [-0.15, -0.1) is 6.58 Å². The van der Waals surface area contributed by atoms with Crippen molar-refractivity contribution in [1.82, 2.24) is 4.98 Å². The Bertz CT molecular complexity index is 447. The van der Waals surface area contributed by atoms with Crippen LogP contribution in [0.15, 0.2) is 31.1 Å². The van der Waals surface area contributed by atoms with Gasteiger partial charge in [-0.1, -0.05) is 6.08 Å². The molecule has 7 nitrogen and oxygen atoms in total. The first kappa shape index (κ1) is 12.6. The second-order valence-corrected chi connectivity index (χ2v) is 3.21. The van der Waals surface area contributed by atoms with Crippen LogP contribution >= 0.6 is 0 Å². The highest BCUT2D eigenvalue weighted by Crippen LogP contribution is 2.23. The first-order valence-electron chi connectivity index (χ1n) is 4.75. The lowest BCUT2D eigenvalue weighted by Crippen LogP contribution is -2.28. The molecule has 90 valence electrons. The maximum absolute atomic E-state index is 10.9. The minimum absolute atomic E-state index is 0.124. The van der Waals surface area contributed by atoms with Crippen LogP contribution in [0.1, 0.15) is 6.42 Å². The summed E-state index contributed by atoms with van der Waals surface area (Å²) in [6.45, 7) is 3.43. The summed E-state index contributed by atoms with van der Waals surface area (Å²) in [5.41, 5.74) is -0.137. The molecule has 1 atom stereocenters. The summed E-state index contributed by atoms with van der Waals surface area (Å²) < 4.78 is 0. The van der Waals surface area contributed by atoms with E-state index >= 15 is 0 Å². The summed E-state index contributed by atoms with van der Waals surface area (Å²) in [5.74, 6) is -1.10. The number of nitrogens with one attached hydrogen (secondary N) is 1. The van der Waals surface area contributed by atoms with Gasteiger partial charge in [-0.25, -0.2) is 4.79 Å². The molecule has 2 N–H and O–H groups in total. The summed E-state index contributed by atoms with van der Waals surface area (Å²) in [5, 5.41) is 22.2. The van der Waals surface area contributed by atoms with Crippen LogP contribution in [-0.4, -0.2) is 27.0 Å². The van der Waals surface area contributed by atoms with Gasteiger partial charge in [0, 0.05) is 6.20 Å². The van der Waals surface area contributed by atoms with Crippen LogP contribution < -0.4 is 5.32 Å². The number of carbonyl (C=O) groups is 1. The van der Waals surface area contributed by atoms with Gasteiger partial charge in [0.2, 0.25) is 0 Å². The molecule has 0 amide bonds. The van der Waals surface area contributed by atoms with Gasteiger partial charge in [-0.05, 0) is 12.5 Å². The normalized spacial score (nSPS) is 11.5. The smallest absolute Gasteiger partial charge is 0.326 e. The molecule has 1 rings (SSSR count). The lowest BCUT2D eigenvalue weighted by molar-refractivity contribution is -0.384. The number of aliphatic carboxylic acids is 1. The van der Waals surface area contributed by atoms with Crippen molar-refractivity contribution in [1.29, 1.82) is 0 Å². The average molecular weight is 237 g/mol. The van der Waals surface area contributed by atoms with Crippen molar-refractivity contribution in [3.05, 3.63) is 41.2 Å². The van der Waals surface area contributed by atoms with Crippen LogP contribution in [0, 0.1) is 10.1 Å². The molecule has 0 fully saturated rings. The second-order valence-electron chi connectivity index (χ2n) is 3.21. The first-order chi connectivity index (χ1) is 8.06. The Labute approximate surface area is 96.9 Å². The highest BCUT2D eigenvalue weighted by molar-refractivity contribution is 5.79. The van der Waals surface area contributed by atoms with Gasteiger partial charge in [-0.2, -0.15) is 0 Å². The van der Waals surface area contributed by atoms with E-state index in [-0.39, 0.29) is 17.8 Å². The molecule has 17 heavy (non-hydrogen) atoms. The molecular formula is C10H11N3O4. The van der Waals surface area contributed by atoms with E-state index in [1.807, 2.05) is 0 Å². The largest absolute Gasteiger partial charge is 0.480 e. The summed E-state index contributed by atoms with van der Waals surface area (Å²) in [6, 6.07) is 0.408. The Morgan fingerprint density at radius 1 is 1.76 bits per heavy atom. The maximum atomic E-state index is 10.9. The quantitative estimate of drug-likeness (QED) is 0.440. The monoisotopic (exact) mass is 237 g/mol. The number of hydrogen-bond acceptors (Lipinski definition) is 5. The van der Waals surface area contributed by atoms with Gasteiger partial charge >= 0.3 is 11.7 Å². The zero-order valence-electron chi connectivity index (χ0n) is 8.87. The number of anilines is 1. The molecule has 0 aromatic carbocycles. The molecule has 0 saturated carbocycles. The molecule has 0 spiro atoms. The third kappa shape index (κ3) is 3.26. The third-order valence-corrected chi connectivity index (χ3v) is 2.03. The molecular weight excluding hydrogens is 226 g/mol. The number of carboxylic acids is 1. The van der Waals surface area contributed by atoms with Crippen molar-refractivity contribution < 1.29 is 14.8 Å². The van der Waals surface area contributed by atoms with E-state index in [2.05, 4.69) is 16.9 Å². The van der Waals surface area contributed by atoms with Crippen LogP contribution in [-0.2, 0) is 4.79 Å². The molecule has 0 saturated heterocycles. The first-order valence-corrected chi connectivity index (χ1v) is 4.75. The van der Waals surface area contributed by atoms with Gasteiger partial charge in [0.15, 0.2) is 0 Å². The fourth-order valence-electron chi connectivity index (χ4n) is 1.23. The van der Waals surface area contributed by atoms with Crippen molar-refractivity contribution in [3.8, 4) is 0 Å². The highest BCUT2D eigenvalue weighted by Gasteiger charge is 2.20. The van der Waals surface area contributed by atoms with E-state index < -0.39 is 16.9 Å². The number of aromatic nitrogens is 1. The summed E-state index contributed by atoms with van der Waals surface area (Å²) in [4.78, 5) is 24.6. The molecule has 1 aromatic rings. The molecule has 1 aromatic heterocycles. The Morgan fingerprint density at radius 2 is 2.47 bits per heavy atom. The predicted octanol–water partition coefficient (Wildman–Crippen LogP) is 1.43. The highest BCUT2D eigenvalue weighted by atomic mass is 16.6. The van der Waals surface area contributed by atoms with Gasteiger partial charge in [-0.3, -0.25) is 15.1 Å². The van der Waals surface area contributed by atoms with Crippen molar-refractivity contribution in [3.63, 3.8) is 0 Å². The molecule has 0 aliphatic heterocycles. The minimum Gasteiger partial charge on any atom is -0.480 e. The van der Waals surface area contributed by atoms with Crippen molar-refractivity contribution >= 4 is 17.3 Å². The number of rotatable bonds is 6. The van der Waals surface area contributed by atoms with Crippen molar-refractivity contribution in [2.45, 2.75) is 12.5 Å². The van der Waals surface area contributed by atoms with E-state index in [1.165, 1.54) is 18.3 Å². The topological polar surface area (TPSA) is 105 Å². The van der Waals surface area contributed by atoms with Crippen LogP contribution in [0.3, 0.4) is 0 Å². The van der Waals surface area contributed by atoms with Crippen LogP contribution in [0.5, 0.6) is 0 Å². The fourth-order valence-corrected chi connectivity index (χ4v) is 1.23. The molecule has 0 aliphatic carbocycles. The Morgan fingerprint density at radius 3 is 3.00 bits per heavy atom. The maximum Gasteiger partial charge on any atom is 0.326 e. The molecule has 0 radical (unpaired) electrons. The number of pyridine rings is 1. The Kier molecular flexibility index (Phi) is 4.15. The fraction of sp³-hybridized carbons (Fsp3) is 0.200. The lowest BCUT2D eigenvalue weighted by atomic mass is 10.2. The number of carboxylic acid groups (broad SMARTS) is 1. The average Bonchev–Trinajstić information content (AvgIpc) is 2.28. The van der Waals surface area contributed by atoms with E-state index in [0.29, 0.717) is 0 Å². The predicted molar refractivity (Wildman–Crippen MR) is 60.8 cm³/mol. The Hall–Kier alpha value is -2.44. The molecule has 1 heterocycles. The van der Waals surface area contributed by atoms with Gasteiger partial charge in [0.1, 0.15) is 17.9 Å². The number of nitrogens with zero attached hydrogens (tertiary/aromatic N) is 2. The molecule has 0 aliphatic rings. The van der Waals surface area contributed by atoms with Crippen LogP contribution in [0.2, 0.25) is 0 Å². The van der Waals surface area contributed by atoms with Crippen molar-refractivity contribution in [2.75, 3.05) is 5.32 Å². The summed E-state index contributed by atoms with van der Waals surface area (Å²) in [7, 11) is 0. The molecule has 7 heteroatoms. The molecule has 1 unspecified atom stereocenters. The van der Waals surface area contributed by atoms with Crippen molar-refractivity contribution in [2.24, 2.45) is 0 Å². The standard InChI is InChI=1S/C10H11N3O4/c1-2-3-8(10(14)15)12-7-4-5-11-6-9(7)13(16)17/h2,4-6,8H,1,3H2,(H,11,12)(H,14,15). The van der Waals surface area contributed by atoms with E-state index in [0.717, 1.165) is 6.20 Å². The number of nitro groups is 1. The summed E-state index contributed by atoms with van der Waals surface area (Å²) >= 11 is 0. The molecule has 0 bridgehead atoms. The van der Waals surface area contributed by atoms with Gasteiger partial charge in [0.05, 0.1) is 4.92 Å². The zero-order chi connectivity index (χ0) is 12.8. The van der Waals surface area contributed by atoms with E-state index in [4.69, 9.17) is 5.11 Å². The SMILES string of the molecule is C=CCC(Nc1ccncc1[N+](=O)[O-])C(=O)O. The van der Waals surface area contributed by atoms with Gasteiger partial charge < -0.3 is 10.4 Å². The van der Waals surface area contributed by atoms with Crippen LogP contribution in [0.4, 0.5) is 11.4 Å². The van der Waals surface area contributed by atoms with E-state index in [1.54, 1.807) is 0 Å². The minimum atomic E-state index is -1.10. The zero-order valence-corrected chi connectivity index (χ0v) is 8.87. The Balaban J connectivity index is 2.96. The summed E-state index contributed by atoms with van der Waals surface area (Å²) in [6.07, 6.45) is 4.00. The van der Waals surface area contributed by atoms with Gasteiger partial charge in [0.25, 0.3) is 0 Å². The van der Waals surface area contributed by atoms with Crippen LogP contribution in [0.25, 0.3) is 0 Å². The van der Waals surface area contributed by atoms with E-state index in [9.17, 15) is 14.9 Å². The second kappa shape index (κ2) is 5.59. The number of hydrogen-bond donors (Lipinski definition) is 2. The lowest BCUT2D eigenvalue weighted by Gasteiger charge is -2.13. The third-order valence-electron chi connectivity index (χ3n) is 2.03.